The zero-order chi connectivity index (χ0) is 42.4. The number of hydrogen-bond acceptors (Lipinski definition) is 1. The number of para-hydroxylation sites is 4. The minimum atomic E-state index is -3.13. The van der Waals surface area contributed by atoms with Crippen LogP contribution in [0.5, 0.6) is 0 Å². The summed E-state index contributed by atoms with van der Waals surface area (Å²) in [4.78, 5) is 2.47. The molecule has 7 aromatic rings. The fourth-order valence-electron chi connectivity index (χ4n) is 10.4. The van der Waals surface area contributed by atoms with E-state index in [1.807, 2.05) is 6.08 Å². The Balaban J connectivity index is 1.32. The van der Waals surface area contributed by atoms with Gasteiger partial charge < -0.3 is 14.0 Å². The van der Waals surface area contributed by atoms with Crippen LogP contribution in [-0.4, -0.2) is 17.2 Å². The highest BCUT2D eigenvalue weighted by Crippen LogP contribution is 2.50. The minimum Gasteiger partial charge on any atom is -0.324 e. The number of benzene rings is 5. The molecular formula is C58H53N3Si. The summed E-state index contributed by atoms with van der Waals surface area (Å²) >= 11 is 0. The van der Waals surface area contributed by atoms with Gasteiger partial charge in [-0.05, 0) is 122 Å². The molecule has 0 amide bonds. The zero-order valence-electron chi connectivity index (χ0n) is 36.0. The van der Waals surface area contributed by atoms with Crippen molar-refractivity contribution in [2.24, 2.45) is 11.8 Å². The van der Waals surface area contributed by atoms with E-state index in [9.17, 15) is 0 Å². The van der Waals surface area contributed by atoms with Crippen molar-refractivity contribution in [3.63, 3.8) is 0 Å². The number of hydrogen-bond donors (Lipinski definition) is 0. The zero-order valence-corrected chi connectivity index (χ0v) is 37.0. The molecule has 2 aliphatic carbocycles. The van der Waals surface area contributed by atoms with Crippen molar-refractivity contribution in [2.45, 2.75) is 40.0 Å². The third-order valence-electron chi connectivity index (χ3n) is 13.3. The average Bonchev–Trinajstić information content (AvgIpc) is 3.94. The summed E-state index contributed by atoms with van der Waals surface area (Å²) < 4.78 is 4.92. The molecule has 3 atom stereocenters. The van der Waals surface area contributed by atoms with Crippen LogP contribution in [0.2, 0.25) is 0 Å². The van der Waals surface area contributed by atoms with Crippen molar-refractivity contribution < 1.29 is 0 Å². The number of rotatable bonds is 11. The van der Waals surface area contributed by atoms with Gasteiger partial charge in [0, 0.05) is 51.0 Å². The molecule has 62 heavy (non-hydrogen) atoms. The fraction of sp³-hybridized carbons (Fsp3) is 0.138. The molecule has 3 nitrogen and oxygen atoms in total. The van der Waals surface area contributed by atoms with Gasteiger partial charge in [0.2, 0.25) is 0 Å². The lowest BCUT2D eigenvalue weighted by Crippen LogP contribution is -2.57. The molecule has 1 fully saturated rings. The summed E-state index contributed by atoms with van der Waals surface area (Å²) in [5.41, 5.74) is 9.77. The third-order valence-corrected chi connectivity index (χ3v) is 18.1. The van der Waals surface area contributed by atoms with E-state index in [2.05, 4.69) is 230 Å². The van der Waals surface area contributed by atoms with E-state index >= 15 is 0 Å². The van der Waals surface area contributed by atoms with Gasteiger partial charge in [0.1, 0.15) is 0 Å². The van der Waals surface area contributed by atoms with E-state index in [4.69, 9.17) is 6.58 Å². The SMILES string of the molecule is C=CCC=CC(=C)[Si]1(C(C)=CC=CC)C(C=C(C=CC)n2c3ccccc3c3ccccc32)=CN(C=C2CC=CC3CC23)c2ccc(-n3c4ccccc4c4ccccc43)cc21. The molecule has 2 aromatic heterocycles. The topological polar surface area (TPSA) is 13.1 Å². The number of nitrogens with zero attached hydrogens (tertiary/aromatic N) is 3. The van der Waals surface area contributed by atoms with Crippen LogP contribution in [0.1, 0.15) is 40.0 Å². The summed E-state index contributed by atoms with van der Waals surface area (Å²) in [6, 6.07) is 42.5. The molecule has 5 aromatic carbocycles. The molecule has 1 saturated carbocycles. The maximum absolute atomic E-state index is 5.10. The lowest BCUT2D eigenvalue weighted by molar-refractivity contribution is 0.846. The van der Waals surface area contributed by atoms with E-state index in [-0.39, 0.29) is 0 Å². The molecule has 0 N–H and O–H groups in total. The molecule has 3 heterocycles. The minimum absolute atomic E-state index is 0.612. The van der Waals surface area contributed by atoms with E-state index in [1.54, 1.807) is 0 Å². The first-order valence-electron chi connectivity index (χ1n) is 22.1. The van der Waals surface area contributed by atoms with E-state index in [0.717, 1.165) is 29.4 Å². The lowest BCUT2D eigenvalue weighted by atomic mass is 10.0. The van der Waals surface area contributed by atoms with E-state index in [0.29, 0.717) is 11.8 Å². The van der Waals surface area contributed by atoms with Crippen molar-refractivity contribution in [1.82, 2.24) is 9.13 Å². The average molecular weight is 820 g/mol. The van der Waals surface area contributed by atoms with Crippen LogP contribution in [0.3, 0.4) is 0 Å². The fourth-order valence-corrected chi connectivity index (χ4v) is 15.2. The summed E-state index contributed by atoms with van der Waals surface area (Å²) in [7, 11) is -3.13. The van der Waals surface area contributed by atoms with Crippen LogP contribution in [-0.2, 0) is 0 Å². The number of allylic oxidation sites excluding steroid dienone is 16. The normalized spacial score (nSPS) is 21.0. The largest absolute Gasteiger partial charge is 0.324 e. The van der Waals surface area contributed by atoms with Gasteiger partial charge in [0.05, 0.1) is 22.1 Å². The molecule has 3 unspecified atom stereocenters. The highest BCUT2D eigenvalue weighted by Gasteiger charge is 2.48. The maximum Gasteiger partial charge on any atom is 0.178 e. The van der Waals surface area contributed by atoms with Crippen molar-refractivity contribution >= 4 is 68.3 Å². The molecule has 10 rings (SSSR count). The highest BCUT2D eigenvalue weighted by atomic mass is 28.3. The first kappa shape index (κ1) is 39.3. The quantitative estimate of drug-likeness (QED) is 0.0720. The van der Waals surface area contributed by atoms with Crippen molar-refractivity contribution in [3.05, 3.63) is 229 Å². The van der Waals surface area contributed by atoms with Crippen LogP contribution in [0.4, 0.5) is 5.69 Å². The molecule has 304 valence electrons. The van der Waals surface area contributed by atoms with E-state index < -0.39 is 8.07 Å². The smallest absolute Gasteiger partial charge is 0.178 e. The maximum atomic E-state index is 5.10. The summed E-state index contributed by atoms with van der Waals surface area (Å²) in [5.74, 6) is 1.27. The number of aromatic nitrogens is 2. The Morgan fingerprint density at radius 1 is 0.774 bits per heavy atom. The Bertz CT molecular complexity index is 3100. The van der Waals surface area contributed by atoms with E-state index in [1.165, 1.54) is 76.9 Å². The predicted octanol–water partition coefficient (Wildman–Crippen LogP) is 14.7. The van der Waals surface area contributed by atoms with Crippen LogP contribution < -0.4 is 10.1 Å². The van der Waals surface area contributed by atoms with Crippen LogP contribution >= 0.6 is 0 Å². The lowest BCUT2D eigenvalue weighted by Gasteiger charge is -2.43. The first-order chi connectivity index (χ1) is 30.5. The molecule has 4 heteroatoms. The number of anilines is 1. The van der Waals surface area contributed by atoms with Gasteiger partial charge >= 0.3 is 0 Å². The Hall–Kier alpha value is -6.88. The van der Waals surface area contributed by atoms with Crippen LogP contribution in [0.25, 0.3) is 55.0 Å². The van der Waals surface area contributed by atoms with Crippen LogP contribution in [0, 0.1) is 11.8 Å². The second-order valence-electron chi connectivity index (χ2n) is 16.9. The second-order valence-corrected chi connectivity index (χ2v) is 21.0. The Morgan fingerprint density at radius 3 is 2.03 bits per heavy atom. The molecule has 0 saturated heterocycles. The summed E-state index contributed by atoms with van der Waals surface area (Å²) in [6.45, 7) is 15.8. The second kappa shape index (κ2) is 16.2. The van der Waals surface area contributed by atoms with Crippen molar-refractivity contribution in [1.29, 1.82) is 0 Å². The van der Waals surface area contributed by atoms with Gasteiger partial charge in [-0.25, -0.2) is 0 Å². The highest BCUT2D eigenvalue weighted by molar-refractivity contribution is 7.10. The van der Waals surface area contributed by atoms with Gasteiger partial charge in [0.15, 0.2) is 8.07 Å². The molecule has 0 bridgehead atoms. The molecule has 0 spiro atoms. The van der Waals surface area contributed by atoms with Gasteiger partial charge in [-0.3, -0.25) is 0 Å². The standard InChI is InChI=1S/C58H53N3Si/c1-6-9-11-23-42(5)62(41(4)22-10-7-2)47(37-45(21-8-3)60-53-30-16-12-26-48(53)49-27-13-17-31-54(49)60)40-59(39-44-25-20-24-43-36-52(43)44)57-35-34-46(38-58(57)62)61-55-32-18-14-28-50(55)51-29-15-19-33-56(51)61/h6-8,10-24,26-35,37-40,43,52H,1,5,9,25,36H2,2-4H3. The van der Waals surface area contributed by atoms with Gasteiger partial charge in [-0.15, -0.1) is 6.58 Å². The molecular weight excluding hydrogens is 767 g/mol. The van der Waals surface area contributed by atoms with Crippen molar-refractivity contribution in [3.8, 4) is 5.69 Å². The Morgan fingerprint density at radius 2 is 1.40 bits per heavy atom. The third kappa shape index (κ3) is 6.40. The van der Waals surface area contributed by atoms with Gasteiger partial charge in [-0.1, -0.05) is 144 Å². The predicted molar refractivity (Wildman–Crippen MR) is 270 cm³/mol. The Kier molecular flexibility index (Phi) is 10.3. The monoisotopic (exact) mass is 819 g/mol. The summed E-state index contributed by atoms with van der Waals surface area (Å²) in [5, 5.41) is 10.1. The molecule has 0 radical (unpaired) electrons. The van der Waals surface area contributed by atoms with Gasteiger partial charge in [-0.2, -0.15) is 0 Å². The number of fused-ring (bicyclic) bond motifs is 8. The van der Waals surface area contributed by atoms with Crippen molar-refractivity contribution in [2.75, 3.05) is 4.90 Å². The summed E-state index contributed by atoms with van der Waals surface area (Å²) in [6.07, 6.45) is 32.9. The van der Waals surface area contributed by atoms with Crippen LogP contribution in [0.15, 0.2) is 229 Å². The molecule has 3 aliphatic rings. The van der Waals surface area contributed by atoms with Gasteiger partial charge in [0.25, 0.3) is 0 Å². The molecule has 1 aliphatic heterocycles. The Labute approximate surface area is 367 Å². The first-order valence-corrected chi connectivity index (χ1v) is 24.1.